The Labute approximate surface area is 192 Å². The summed E-state index contributed by atoms with van der Waals surface area (Å²) in [4.78, 5) is 2.33. The standard InChI is InChI=1S/C27H28F3NO2/c1-20-7-9-22(10-8-20)25(23-11-13-24(14-12-23)33-27(28,29)30)26(32)15-17-31(18-16-26)19-21-5-3-2-4-6-21/h2-14,25,32H,15-19H2,1H3. The van der Waals surface area contributed by atoms with Gasteiger partial charge in [0.1, 0.15) is 5.75 Å². The van der Waals surface area contributed by atoms with Crippen LogP contribution in [-0.4, -0.2) is 35.1 Å². The van der Waals surface area contributed by atoms with Crippen molar-refractivity contribution in [2.75, 3.05) is 13.1 Å². The SMILES string of the molecule is Cc1ccc(C(c2ccc(OC(F)(F)F)cc2)C2(O)CCN(Cc3ccccc3)CC2)cc1. The third kappa shape index (κ3) is 5.95. The highest BCUT2D eigenvalue weighted by molar-refractivity contribution is 5.40. The molecule has 1 fully saturated rings. The Balaban J connectivity index is 1.57. The molecule has 1 unspecified atom stereocenters. The van der Waals surface area contributed by atoms with Gasteiger partial charge in [-0.1, -0.05) is 72.3 Å². The lowest BCUT2D eigenvalue weighted by atomic mass is 9.72. The maximum atomic E-state index is 12.6. The highest BCUT2D eigenvalue weighted by Gasteiger charge is 2.41. The summed E-state index contributed by atoms with van der Waals surface area (Å²) in [6.07, 6.45) is -3.60. The third-order valence-corrected chi connectivity index (χ3v) is 6.37. The molecular weight excluding hydrogens is 427 g/mol. The van der Waals surface area contributed by atoms with Crippen molar-refractivity contribution in [3.05, 3.63) is 101 Å². The van der Waals surface area contributed by atoms with Crippen molar-refractivity contribution in [3.8, 4) is 5.75 Å². The molecule has 33 heavy (non-hydrogen) atoms. The number of ether oxygens (including phenoxy) is 1. The Kier molecular flexibility index (Phi) is 6.77. The molecule has 3 aromatic carbocycles. The molecule has 1 saturated heterocycles. The molecule has 3 aromatic rings. The van der Waals surface area contributed by atoms with Crippen molar-refractivity contribution >= 4 is 0 Å². The number of alkyl halides is 3. The van der Waals surface area contributed by atoms with Crippen LogP contribution in [0.15, 0.2) is 78.9 Å². The van der Waals surface area contributed by atoms with E-state index in [2.05, 4.69) is 21.8 Å². The Morgan fingerprint density at radius 1 is 0.879 bits per heavy atom. The molecule has 0 spiro atoms. The van der Waals surface area contributed by atoms with Gasteiger partial charge in [0.2, 0.25) is 0 Å². The van der Waals surface area contributed by atoms with Gasteiger partial charge >= 0.3 is 6.36 Å². The van der Waals surface area contributed by atoms with Crippen molar-refractivity contribution in [1.82, 2.24) is 4.90 Å². The number of hydrogen-bond acceptors (Lipinski definition) is 3. The summed E-state index contributed by atoms with van der Waals surface area (Å²) in [6, 6.07) is 24.1. The van der Waals surface area contributed by atoms with Crippen molar-refractivity contribution in [2.24, 2.45) is 0 Å². The number of likely N-dealkylation sites (tertiary alicyclic amines) is 1. The van der Waals surface area contributed by atoms with Crippen LogP contribution in [0.4, 0.5) is 13.2 Å². The number of aliphatic hydroxyl groups is 1. The van der Waals surface area contributed by atoms with Crippen molar-refractivity contribution < 1.29 is 23.0 Å². The first-order valence-corrected chi connectivity index (χ1v) is 11.1. The average Bonchev–Trinajstić information content (AvgIpc) is 2.78. The van der Waals surface area contributed by atoms with Gasteiger partial charge in [-0.15, -0.1) is 13.2 Å². The topological polar surface area (TPSA) is 32.7 Å². The van der Waals surface area contributed by atoms with Crippen LogP contribution in [0.1, 0.15) is 41.0 Å². The number of piperidine rings is 1. The molecule has 1 aliphatic rings. The van der Waals surface area contributed by atoms with Gasteiger partial charge in [-0.2, -0.15) is 0 Å². The van der Waals surface area contributed by atoms with E-state index < -0.39 is 12.0 Å². The highest BCUT2D eigenvalue weighted by Crippen LogP contribution is 2.42. The lowest BCUT2D eigenvalue weighted by molar-refractivity contribution is -0.274. The minimum absolute atomic E-state index is 0.265. The first-order valence-electron chi connectivity index (χ1n) is 11.1. The summed E-state index contributed by atoms with van der Waals surface area (Å²) in [6.45, 7) is 4.31. The molecule has 4 rings (SSSR count). The van der Waals surface area contributed by atoms with E-state index in [1.165, 1.54) is 17.7 Å². The first-order chi connectivity index (χ1) is 15.7. The molecule has 1 heterocycles. The molecular formula is C27H28F3NO2. The lowest BCUT2D eigenvalue weighted by Gasteiger charge is -2.43. The Bertz CT molecular complexity index is 1030. The molecule has 0 bridgehead atoms. The highest BCUT2D eigenvalue weighted by atomic mass is 19.4. The van der Waals surface area contributed by atoms with E-state index in [4.69, 9.17) is 0 Å². The van der Waals surface area contributed by atoms with Crippen LogP contribution in [0.2, 0.25) is 0 Å². The molecule has 0 aromatic heterocycles. The van der Waals surface area contributed by atoms with Crippen molar-refractivity contribution in [3.63, 3.8) is 0 Å². The van der Waals surface area contributed by atoms with Crippen molar-refractivity contribution in [2.45, 2.75) is 44.2 Å². The zero-order chi connectivity index (χ0) is 23.5. The van der Waals surface area contributed by atoms with Gasteiger partial charge in [-0.3, -0.25) is 4.90 Å². The molecule has 0 aliphatic carbocycles. The number of benzene rings is 3. The third-order valence-electron chi connectivity index (χ3n) is 6.37. The van der Waals surface area contributed by atoms with Gasteiger partial charge in [0, 0.05) is 25.6 Å². The zero-order valence-electron chi connectivity index (χ0n) is 18.6. The van der Waals surface area contributed by atoms with E-state index in [0.29, 0.717) is 12.8 Å². The largest absolute Gasteiger partial charge is 0.573 e. The summed E-state index contributed by atoms with van der Waals surface area (Å²) in [5, 5.41) is 11.8. The van der Waals surface area contributed by atoms with Crippen LogP contribution in [0, 0.1) is 6.92 Å². The van der Waals surface area contributed by atoms with Crippen LogP contribution in [0.3, 0.4) is 0 Å². The number of rotatable bonds is 6. The molecule has 3 nitrogen and oxygen atoms in total. The second kappa shape index (κ2) is 9.57. The Morgan fingerprint density at radius 2 is 1.42 bits per heavy atom. The normalized spacial score (nSPS) is 17.5. The second-order valence-corrected chi connectivity index (χ2v) is 8.83. The zero-order valence-corrected chi connectivity index (χ0v) is 18.6. The van der Waals surface area contributed by atoms with Crippen LogP contribution >= 0.6 is 0 Å². The van der Waals surface area contributed by atoms with Gasteiger partial charge < -0.3 is 9.84 Å². The van der Waals surface area contributed by atoms with Gasteiger partial charge in [0.15, 0.2) is 0 Å². The fraction of sp³-hybridized carbons (Fsp3) is 0.333. The molecule has 0 amide bonds. The molecule has 0 radical (unpaired) electrons. The lowest BCUT2D eigenvalue weighted by Crippen LogP contribution is -2.48. The summed E-state index contributed by atoms with van der Waals surface area (Å²) >= 11 is 0. The van der Waals surface area contributed by atoms with Gasteiger partial charge in [-0.05, 0) is 48.6 Å². The van der Waals surface area contributed by atoms with Crippen LogP contribution in [0.25, 0.3) is 0 Å². The van der Waals surface area contributed by atoms with E-state index >= 15 is 0 Å². The number of hydrogen-bond donors (Lipinski definition) is 1. The van der Waals surface area contributed by atoms with E-state index in [1.54, 1.807) is 12.1 Å². The fourth-order valence-corrected chi connectivity index (χ4v) is 4.66. The Morgan fingerprint density at radius 3 is 1.97 bits per heavy atom. The molecule has 0 saturated carbocycles. The van der Waals surface area contributed by atoms with Crippen LogP contribution < -0.4 is 4.74 Å². The quantitative estimate of drug-likeness (QED) is 0.491. The predicted octanol–water partition coefficient (Wildman–Crippen LogP) is 6.05. The molecule has 6 heteroatoms. The summed E-state index contributed by atoms with van der Waals surface area (Å²) in [7, 11) is 0. The van der Waals surface area contributed by atoms with Gasteiger partial charge in [0.05, 0.1) is 5.60 Å². The fourth-order valence-electron chi connectivity index (χ4n) is 4.66. The van der Waals surface area contributed by atoms with Crippen LogP contribution in [-0.2, 0) is 6.54 Å². The number of halogens is 3. The van der Waals surface area contributed by atoms with Crippen LogP contribution in [0.5, 0.6) is 5.75 Å². The van der Waals surface area contributed by atoms with Gasteiger partial charge in [-0.25, -0.2) is 0 Å². The first kappa shape index (κ1) is 23.3. The summed E-state index contributed by atoms with van der Waals surface area (Å²) in [5.74, 6) is -0.615. The monoisotopic (exact) mass is 455 g/mol. The minimum atomic E-state index is -4.73. The second-order valence-electron chi connectivity index (χ2n) is 8.83. The average molecular weight is 456 g/mol. The summed E-state index contributed by atoms with van der Waals surface area (Å²) in [5.41, 5.74) is 3.06. The maximum Gasteiger partial charge on any atom is 0.573 e. The number of aryl methyl sites for hydroxylation is 1. The number of nitrogens with zero attached hydrogens (tertiary/aromatic N) is 1. The minimum Gasteiger partial charge on any atom is -0.406 e. The van der Waals surface area contributed by atoms with E-state index in [9.17, 15) is 18.3 Å². The smallest absolute Gasteiger partial charge is 0.406 e. The van der Waals surface area contributed by atoms with Gasteiger partial charge in [0.25, 0.3) is 0 Å². The Hall–Kier alpha value is -2.83. The molecule has 174 valence electrons. The molecule has 1 atom stereocenters. The summed E-state index contributed by atoms with van der Waals surface area (Å²) < 4.78 is 41.8. The van der Waals surface area contributed by atoms with E-state index in [0.717, 1.165) is 36.3 Å². The van der Waals surface area contributed by atoms with E-state index in [-0.39, 0.29) is 11.7 Å². The predicted molar refractivity (Wildman–Crippen MR) is 122 cm³/mol. The molecule has 1 N–H and O–H groups in total. The van der Waals surface area contributed by atoms with Crippen molar-refractivity contribution in [1.29, 1.82) is 0 Å². The molecule has 1 aliphatic heterocycles. The van der Waals surface area contributed by atoms with E-state index in [1.807, 2.05) is 49.4 Å². The maximum absolute atomic E-state index is 12.6.